The number of piperidine rings is 1. The second-order valence-corrected chi connectivity index (χ2v) is 12.8. The van der Waals surface area contributed by atoms with Crippen molar-refractivity contribution in [3.63, 3.8) is 0 Å². The quantitative estimate of drug-likeness (QED) is 0.273. The maximum Gasteiger partial charge on any atom is 0.229 e. The van der Waals surface area contributed by atoms with Crippen molar-refractivity contribution < 1.29 is 13.2 Å². The molecule has 0 amide bonds. The second kappa shape index (κ2) is 11.3. The molecule has 1 aliphatic heterocycles. The molecule has 1 fully saturated rings. The lowest BCUT2D eigenvalue weighted by atomic mass is 10.0. The molecule has 9 nitrogen and oxygen atoms in total. The van der Waals surface area contributed by atoms with Crippen LogP contribution in [0.4, 0.5) is 23.1 Å². The lowest BCUT2D eigenvalue weighted by Gasteiger charge is -2.33. The van der Waals surface area contributed by atoms with E-state index in [4.69, 9.17) is 15.5 Å². The minimum absolute atomic E-state index is 0.253. The van der Waals surface area contributed by atoms with Gasteiger partial charge in [-0.15, -0.1) is 0 Å². The molecule has 0 bridgehead atoms. The first kappa shape index (κ1) is 27.7. The Kier molecular flexibility index (Phi) is 7.82. The van der Waals surface area contributed by atoms with E-state index < -0.39 is 15.1 Å². The summed E-state index contributed by atoms with van der Waals surface area (Å²) in [7, 11) is 0.133. The summed E-state index contributed by atoms with van der Waals surface area (Å²) in [5.74, 6) is 1.26. The van der Waals surface area contributed by atoms with Crippen molar-refractivity contribution in [2.45, 2.75) is 42.9 Å². The standard InChI is InChI=1S/C30H36N6O3S/c1-19(2)40(37,38)27-11-6-5-8-22(27)23-9-7-10-25-28(23)29(31)35-30(34-25)33-24-13-12-21(18-26(24)39-4)36-16-14-20(32-3)15-17-36/h5-13,18-20,32H,14-17H2,1-4H3,(H3,31,33,34,35). The monoisotopic (exact) mass is 560 g/mol. The number of nitrogen functional groups attached to an aromatic ring is 1. The fourth-order valence-electron chi connectivity index (χ4n) is 5.21. The summed E-state index contributed by atoms with van der Waals surface area (Å²) in [6.45, 7) is 5.32. The Bertz CT molecular complexity index is 1630. The van der Waals surface area contributed by atoms with Crippen LogP contribution in [0.25, 0.3) is 22.0 Å². The van der Waals surface area contributed by atoms with Crippen molar-refractivity contribution in [2.24, 2.45) is 0 Å². The van der Waals surface area contributed by atoms with E-state index in [0.717, 1.165) is 37.3 Å². The molecule has 2 heterocycles. The highest BCUT2D eigenvalue weighted by Gasteiger charge is 2.25. The number of sulfone groups is 1. The number of ether oxygens (including phenoxy) is 1. The van der Waals surface area contributed by atoms with Crippen LogP contribution in [-0.2, 0) is 9.84 Å². The average Bonchev–Trinajstić information content (AvgIpc) is 2.97. The SMILES string of the molecule is CNC1CCN(c2ccc(Nc3nc(N)c4c(-c5ccccc5S(=O)(=O)C(C)C)cccc4n3)c(OC)c2)CC1. The van der Waals surface area contributed by atoms with Crippen LogP contribution < -0.4 is 26.0 Å². The average molecular weight is 561 g/mol. The zero-order valence-corrected chi connectivity index (χ0v) is 24.1. The predicted molar refractivity (Wildman–Crippen MR) is 162 cm³/mol. The molecule has 0 unspecified atom stereocenters. The molecule has 0 saturated carbocycles. The summed E-state index contributed by atoms with van der Waals surface area (Å²) in [4.78, 5) is 11.9. The highest BCUT2D eigenvalue weighted by Crippen LogP contribution is 2.38. The molecule has 10 heteroatoms. The maximum atomic E-state index is 13.1. The van der Waals surface area contributed by atoms with Gasteiger partial charge in [0.15, 0.2) is 9.84 Å². The zero-order chi connectivity index (χ0) is 28.4. The minimum atomic E-state index is -3.52. The molecular formula is C30H36N6O3S. The molecule has 40 heavy (non-hydrogen) atoms. The van der Waals surface area contributed by atoms with Gasteiger partial charge in [0.1, 0.15) is 11.6 Å². The van der Waals surface area contributed by atoms with Crippen molar-refractivity contribution in [2.75, 3.05) is 43.2 Å². The van der Waals surface area contributed by atoms with Crippen LogP contribution >= 0.6 is 0 Å². The largest absolute Gasteiger partial charge is 0.494 e. The molecule has 4 N–H and O–H groups in total. The molecule has 0 atom stereocenters. The molecule has 0 spiro atoms. The van der Waals surface area contributed by atoms with Gasteiger partial charge < -0.3 is 26.0 Å². The first-order chi connectivity index (χ1) is 19.2. The van der Waals surface area contributed by atoms with E-state index in [1.807, 2.05) is 43.4 Å². The van der Waals surface area contributed by atoms with E-state index in [9.17, 15) is 8.42 Å². The van der Waals surface area contributed by atoms with Crippen LogP contribution in [0, 0.1) is 0 Å². The van der Waals surface area contributed by atoms with Crippen LogP contribution in [0.15, 0.2) is 65.6 Å². The van der Waals surface area contributed by atoms with E-state index in [1.165, 1.54) is 0 Å². The molecule has 1 aromatic heterocycles. The number of fused-ring (bicyclic) bond motifs is 1. The summed E-state index contributed by atoms with van der Waals surface area (Å²) in [5.41, 5.74) is 10.2. The van der Waals surface area contributed by atoms with Crippen molar-refractivity contribution in [1.82, 2.24) is 15.3 Å². The molecule has 3 aromatic carbocycles. The maximum absolute atomic E-state index is 13.1. The van der Waals surface area contributed by atoms with Gasteiger partial charge in [0, 0.05) is 36.4 Å². The van der Waals surface area contributed by atoms with E-state index >= 15 is 0 Å². The Morgan fingerprint density at radius 3 is 2.42 bits per heavy atom. The molecule has 1 saturated heterocycles. The highest BCUT2D eigenvalue weighted by atomic mass is 32.2. The Hall–Kier alpha value is -3.89. The van der Waals surface area contributed by atoms with Crippen LogP contribution in [0.3, 0.4) is 0 Å². The number of hydrogen-bond acceptors (Lipinski definition) is 9. The number of methoxy groups -OCH3 is 1. The topological polar surface area (TPSA) is 122 Å². The summed E-state index contributed by atoms with van der Waals surface area (Å²) >= 11 is 0. The number of rotatable bonds is 8. The van der Waals surface area contributed by atoms with E-state index in [1.54, 1.807) is 39.2 Å². The lowest BCUT2D eigenvalue weighted by molar-refractivity contribution is 0.415. The van der Waals surface area contributed by atoms with Gasteiger partial charge >= 0.3 is 0 Å². The Morgan fingerprint density at radius 1 is 1.00 bits per heavy atom. The summed E-state index contributed by atoms with van der Waals surface area (Å²) in [5, 5.41) is 6.67. The van der Waals surface area contributed by atoms with E-state index in [0.29, 0.717) is 39.8 Å². The molecular weight excluding hydrogens is 524 g/mol. The third-order valence-corrected chi connectivity index (χ3v) is 9.77. The molecule has 5 rings (SSSR count). The zero-order valence-electron chi connectivity index (χ0n) is 23.3. The predicted octanol–water partition coefficient (Wildman–Crippen LogP) is 5.00. The number of benzene rings is 3. The number of nitrogens with two attached hydrogens (primary N) is 1. The lowest BCUT2D eigenvalue weighted by Crippen LogP contribution is -2.41. The number of nitrogens with zero attached hydrogens (tertiary/aromatic N) is 3. The van der Waals surface area contributed by atoms with Gasteiger partial charge in [-0.25, -0.2) is 13.4 Å². The summed E-state index contributed by atoms with van der Waals surface area (Å²) in [6.07, 6.45) is 2.19. The van der Waals surface area contributed by atoms with Gasteiger partial charge in [-0.3, -0.25) is 0 Å². The highest BCUT2D eigenvalue weighted by molar-refractivity contribution is 7.92. The van der Waals surface area contributed by atoms with Crippen LogP contribution in [0.1, 0.15) is 26.7 Å². The van der Waals surface area contributed by atoms with Crippen molar-refractivity contribution in [1.29, 1.82) is 0 Å². The Labute approximate surface area is 235 Å². The number of aromatic nitrogens is 2. The fraction of sp³-hybridized carbons (Fsp3) is 0.333. The fourth-order valence-corrected chi connectivity index (χ4v) is 6.47. The second-order valence-electron chi connectivity index (χ2n) is 10.3. The van der Waals surface area contributed by atoms with Crippen LogP contribution in [0.5, 0.6) is 5.75 Å². The number of hydrogen-bond donors (Lipinski definition) is 3. The third kappa shape index (κ3) is 5.29. The van der Waals surface area contributed by atoms with Crippen molar-refractivity contribution in [3.8, 4) is 16.9 Å². The Morgan fingerprint density at radius 2 is 1.73 bits per heavy atom. The number of anilines is 4. The van der Waals surface area contributed by atoms with Gasteiger partial charge in [0.05, 0.1) is 33.8 Å². The van der Waals surface area contributed by atoms with Crippen LogP contribution in [-0.4, -0.2) is 56.9 Å². The van der Waals surface area contributed by atoms with E-state index in [2.05, 4.69) is 26.6 Å². The molecule has 4 aromatic rings. The number of nitrogens with one attached hydrogen (secondary N) is 2. The van der Waals surface area contributed by atoms with Gasteiger partial charge in [-0.2, -0.15) is 4.98 Å². The molecule has 0 radical (unpaired) electrons. The molecule has 0 aliphatic carbocycles. The summed E-state index contributed by atoms with van der Waals surface area (Å²) < 4.78 is 32.0. The van der Waals surface area contributed by atoms with Gasteiger partial charge in [0.25, 0.3) is 0 Å². The van der Waals surface area contributed by atoms with E-state index in [-0.39, 0.29) is 10.7 Å². The van der Waals surface area contributed by atoms with Crippen LogP contribution in [0.2, 0.25) is 0 Å². The smallest absolute Gasteiger partial charge is 0.229 e. The van der Waals surface area contributed by atoms with Gasteiger partial charge in [0.2, 0.25) is 5.95 Å². The molecule has 1 aliphatic rings. The van der Waals surface area contributed by atoms with Crippen molar-refractivity contribution in [3.05, 3.63) is 60.7 Å². The van der Waals surface area contributed by atoms with Gasteiger partial charge in [-0.1, -0.05) is 30.3 Å². The Balaban J connectivity index is 1.48. The first-order valence-corrected chi connectivity index (χ1v) is 15.0. The minimum Gasteiger partial charge on any atom is -0.494 e. The van der Waals surface area contributed by atoms with Gasteiger partial charge in [-0.05, 0) is 63.6 Å². The molecule has 210 valence electrons. The van der Waals surface area contributed by atoms with Crippen molar-refractivity contribution >= 4 is 43.9 Å². The normalized spacial score (nSPS) is 14.6. The summed E-state index contributed by atoms with van der Waals surface area (Å²) in [6, 6.07) is 19.1. The first-order valence-electron chi connectivity index (χ1n) is 13.5. The third-order valence-electron chi connectivity index (χ3n) is 7.56.